The van der Waals surface area contributed by atoms with Gasteiger partial charge in [-0.25, -0.2) is 4.39 Å². The van der Waals surface area contributed by atoms with Crippen molar-refractivity contribution >= 4 is 17.9 Å². The van der Waals surface area contributed by atoms with E-state index in [1.807, 2.05) is 26.0 Å². The highest BCUT2D eigenvalue weighted by Gasteiger charge is 2.21. The van der Waals surface area contributed by atoms with Gasteiger partial charge in [-0.3, -0.25) is 20.4 Å². The lowest BCUT2D eigenvalue weighted by molar-refractivity contribution is -0.117. The molecule has 2 aromatic rings. The fourth-order valence-electron chi connectivity index (χ4n) is 2.86. The predicted octanol–water partition coefficient (Wildman–Crippen LogP) is 3.02. The standard InChI is InChI=1S/C21H21FN2O4/c1-3-27-18-12-16-10-13(2)28-19(16)11-15(18)6-9-20(25)23-24-21(26)14-4-7-17(22)8-5-14/h4-9,11-13H,3,10H2,1-2H3,(H,23,25)(H,24,26)/b9-6+/t13-/m0/s1. The highest BCUT2D eigenvalue weighted by atomic mass is 19.1. The molecule has 1 aliphatic rings. The van der Waals surface area contributed by atoms with Gasteiger partial charge in [-0.2, -0.15) is 0 Å². The summed E-state index contributed by atoms with van der Waals surface area (Å²) < 4.78 is 24.3. The van der Waals surface area contributed by atoms with E-state index in [1.54, 1.807) is 6.08 Å². The maximum Gasteiger partial charge on any atom is 0.269 e. The zero-order chi connectivity index (χ0) is 20.1. The average molecular weight is 384 g/mol. The summed E-state index contributed by atoms with van der Waals surface area (Å²) in [5.74, 6) is -0.0651. The SMILES string of the molecule is CCOc1cc2c(cc1/C=C/C(=O)NNC(=O)c1ccc(F)cc1)O[C@@H](C)C2. The molecule has 0 bridgehead atoms. The number of hydrogen-bond donors (Lipinski definition) is 2. The van der Waals surface area contributed by atoms with Gasteiger partial charge in [-0.05, 0) is 56.3 Å². The number of nitrogens with one attached hydrogen (secondary N) is 2. The predicted molar refractivity (Wildman–Crippen MR) is 102 cm³/mol. The Morgan fingerprint density at radius 3 is 2.71 bits per heavy atom. The smallest absolute Gasteiger partial charge is 0.269 e. The minimum absolute atomic E-state index is 0.105. The van der Waals surface area contributed by atoms with E-state index in [-0.39, 0.29) is 11.7 Å². The van der Waals surface area contributed by atoms with Crippen molar-refractivity contribution in [2.75, 3.05) is 6.61 Å². The Bertz CT molecular complexity index is 909. The molecule has 7 heteroatoms. The van der Waals surface area contributed by atoms with E-state index in [0.717, 1.165) is 17.7 Å². The molecule has 3 rings (SSSR count). The summed E-state index contributed by atoms with van der Waals surface area (Å²) in [4.78, 5) is 23.9. The first-order valence-electron chi connectivity index (χ1n) is 8.96. The molecule has 0 saturated heterocycles. The Hall–Kier alpha value is -3.35. The maximum absolute atomic E-state index is 12.9. The Morgan fingerprint density at radius 1 is 1.25 bits per heavy atom. The molecular weight excluding hydrogens is 363 g/mol. The lowest BCUT2D eigenvalue weighted by atomic mass is 10.1. The molecule has 0 spiro atoms. The van der Waals surface area contributed by atoms with Crippen LogP contribution in [-0.2, 0) is 11.2 Å². The van der Waals surface area contributed by atoms with Gasteiger partial charge in [0.2, 0.25) is 0 Å². The molecule has 1 atom stereocenters. The highest BCUT2D eigenvalue weighted by Crippen LogP contribution is 2.35. The number of fused-ring (bicyclic) bond motifs is 1. The summed E-state index contributed by atoms with van der Waals surface area (Å²) in [5, 5.41) is 0. The topological polar surface area (TPSA) is 76.7 Å². The van der Waals surface area contributed by atoms with E-state index in [2.05, 4.69) is 10.9 Å². The number of carbonyl (C=O) groups excluding carboxylic acids is 2. The summed E-state index contributed by atoms with van der Waals surface area (Å²) in [7, 11) is 0. The molecule has 28 heavy (non-hydrogen) atoms. The van der Waals surface area contributed by atoms with E-state index in [1.165, 1.54) is 30.3 Å². The highest BCUT2D eigenvalue weighted by molar-refractivity contribution is 5.98. The monoisotopic (exact) mass is 384 g/mol. The van der Waals surface area contributed by atoms with E-state index in [4.69, 9.17) is 9.47 Å². The second-order valence-electron chi connectivity index (χ2n) is 6.35. The third kappa shape index (κ3) is 4.68. The van der Waals surface area contributed by atoms with Crippen molar-refractivity contribution < 1.29 is 23.5 Å². The maximum atomic E-state index is 12.9. The normalized spacial score (nSPS) is 15.0. The van der Waals surface area contributed by atoms with Crippen LogP contribution in [0.4, 0.5) is 4.39 Å². The zero-order valence-electron chi connectivity index (χ0n) is 15.6. The molecule has 1 heterocycles. The molecular formula is C21H21FN2O4. The van der Waals surface area contributed by atoms with Crippen molar-refractivity contribution in [1.82, 2.24) is 10.9 Å². The van der Waals surface area contributed by atoms with Crippen LogP contribution in [0.15, 0.2) is 42.5 Å². The fourth-order valence-corrected chi connectivity index (χ4v) is 2.86. The van der Waals surface area contributed by atoms with E-state index >= 15 is 0 Å². The minimum Gasteiger partial charge on any atom is -0.493 e. The van der Waals surface area contributed by atoms with Crippen LogP contribution in [0.3, 0.4) is 0 Å². The first-order valence-corrected chi connectivity index (χ1v) is 8.96. The van der Waals surface area contributed by atoms with Crippen LogP contribution in [0, 0.1) is 5.82 Å². The molecule has 1 aliphatic heterocycles. The lowest BCUT2D eigenvalue weighted by Crippen LogP contribution is -2.40. The largest absolute Gasteiger partial charge is 0.493 e. The number of halogens is 1. The lowest BCUT2D eigenvalue weighted by Gasteiger charge is -2.10. The van der Waals surface area contributed by atoms with Crippen LogP contribution in [0.1, 0.15) is 35.3 Å². The van der Waals surface area contributed by atoms with Crippen molar-refractivity contribution in [1.29, 1.82) is 0 Å². The van der Waals surface area contributed by atoms with E-state index in [0.29, 0.717) is 17.9 Å². The summed E-state index contributed by atoms with van der Waals surface area (Å²) in [5.41, 5.74) is 6.57. The molecule has 0 aromatic heterocycles. The van der Waals surface area contributed by atoms with Crippen molar-refractivity contribution in [3.05, 3.63) is 65.0 Å². The molecule has 0 saturated carbocycles. The second kappa shape index (κ2) is 8.56. The van der Waals surface area contributed by atoms with Crippen molar-refractivity contribution in [2.24, 2.45) is 0 Å². The first kappa shape index (κ1) is 19.4. The third-order valence-corrected chi connectivity index (χ3v) is 4.15. The summed E-state index contributed by atoms with van der Waals surface area (Å²) in [6.07, 6.45) is 3.80. The molecule has 0 fully saturated rings. The number of amides is 2. The molecule has 0 radical (unpaired) electrons. The van der Waals surface area contributed by atoms with Gasteiger partial charge in [-0.1, -0.05) is 0 Å². The van der Waals surface area contributed by atoms with Crippen LogP contribution in [0.2, 0.25) is 0 Å². The summed E-state index contributed by atoms with van der Waals surface area (Å²) in [6.45, 7) is 4.38. The van der Waals surface area contributed by atoms with Crippen LogP contribution < -0.4 is 20.3 Å². The number of hydrogen-bond acceptors (Lipinski definition) is 4. The Morgan fingerprint density at radius 2 is 2.00 bits per heavy atom. The van der Waals surface area contributed by atoms with Crippen LogP contribution >= 0.6 is 0 Å². The molecule has 2 aromatic carbocycles. The molecule has 2 amide bonds. The van der Waals surface area contributed by atoms with Gasteiger partial charge >= 0.3 is 0 Å². The number of carbonyl (C=O) groups is 2. The van der Waals surface area contributed by atoms with Gasteiger partial charge < -0.3 is 9.47 Å². The van der Waals surface area contributed by atoms with Crippen molar-refractivity contribution in [3.63, 3.8) is 0 Å². The number of benzene rings is 2. The Kier molecular flexibility index (Phi) is 5.93. The second-order valence-corrected chi connectivity index (χ2v) is 6.35. The zero-order valence-corrected chi connectivity index (χ0v) is 15.6. The molecule has 0 aliphatic carbocycles. The average Bonchev–Trinajstić information content (AvgIpc) is 3.03. The first-order chi connectivity index (χ1) is 13.5. The van der Waals surface area contributed by atoms with Gasteiger partial charge in [0.25, 0.3) is 11.8 Å². The van der Waals surface area contributed by atoms with Crippen LogP contribution in [0.25, 0.3) is 6.08 Å². The summed E-state index contributed by atoms with van der Waals surface area (Å²) in [6, 6.07) is 8.76. The fraction of sp³-hybridized carbons (Fsp3) is 0.238. The van der Waals surface area contributed by atoms with Crippen LogP contribution in [0.5, 0.6) is 11.5 Å². The Balaban J connectivity index is 1.64. The molecule has 0 unspecified atom stereocenters. The van der Waals surface area contributed by atoms with Gasteiger partial charge in [0.15, 0.2) is 0 Å². The number of rotatable bonds is 5. The van der Waals surface area contributed by atoms with Crippen LogP contribution in [-0.4, -0.2) is 24.5 Å². The van der Waals surface area contributed by atoms with Crippen molar-refractivity contribution in [2.45, 2.75) is 26.4 Å². The molecule has 146 valence electrons. The van der Waals surface area contributed by atoms with Gasteiger partial charge in [-0.15, -0.1) is 0 Å². The summed E-state index contributed by atoms with van der Waals surface area (Å²) >= 11 is 0. The van der Waals surface area contributed by atoms with E-state index < -0.39 is 17.6 Å². The Labute approximate surface area is 162 Å². The minimum atomic E-state index is -0.545. The van der Waals surface area contributed by atoms with Gasteiger partial charge in [0.05, 0.1) is 6.61 Å². The third-order valence-electron chi connectivity index (χ3n) is 4.15. The number of hydrazine groups is 1. The number of ether oxygens (including phenoxy) is 2. The van der Waals surface area contributed by atoms with E-state index in [9.17, 15) is 14.0 Å². The van der Waals surface area contributed by atoms with Gasteiger partial charge in [0, 0.05) is 29.2 Å². The van der Waals surface area contributed by atoms with Crippen molar-refractivity contribution in [3.8, 4) is 11.5 Å². The van der Waals surface area contributed by atoms with Gasteiger partial charge in [0.1, 0.15) is 23.4 Å². The quantitative estimate of drug-likeness (QED) is 0.614. The molecule has 2 N–H and O–H groups in total. The molecule has 6 nitrogen and oxygen atoms in total.